The Labute approximate surface area is 215 Å². The number of benzene rings is 2. The summed E-state index contributed by atoms with van der Waals surface area (Å²) in [5.74, 6) is -0.0297. The van der Waals surface area contributed by atoms with Crippen molar-refractivity contribution in [3.63, 3.8) is 0 Å². The van der Waals surface area contributed by atoms with Gasteiger partial charge in [0.2, 0.25) is 17.7 Å². The Kier molecular flexibility index (Phi) is 4.94. The highest BCUT2D eigenvalue weighted by atomic mass is 16.5. The number of anilines is 2. The van der Waals surface area contributed by atoms with Gasteiger partial charge in [-0.2, -0.15) is 0 Å². The van der Waals surface area contributed by atoms with E-state index in [0.717, 1.165) is 18.5 Å². The molecule has 37 heavy (non-hydrogen) atoms. The zero-order valence-corrected chi connectivity index (χ0v) is 20.6. The van der Waals surface area contributed by atoms with Gasteiger partial charge in [-0.15, -0.1) is 0 Å². The van der Waals surface area contributed by atoms with Crippen molar-refractivity contribution in [1.29, 1.82) is 0 Å². The van der Waals surface area contributed by atoms with Crippen molar-refractivity contribution in [2.24, 2.45) is 41.4 Å². The smallest absolute Gasteiger partial charge is 0.316 e. The maximum Gasteiger partial charge on any atom is 0.316 e. The van der Waals surface area contributed by atoms with E-state index in [9.17, 15) is 19.2 Å². The van der Waals surface area contributed by atoms with Crippen LogP contribution in [0.2, 0.25) is 0 Å². The van der Waals surface area contributed by atoms with Crippen molar-refractivity contribution in [2.45, 2.75) is 26.2 Å². The van der Waals surface area contributed by atoms with E-state index < -0.39 is 11.9 Å². The molecule has 7 nitrogen and oxygen atoms in total. The van der Waals surface area contributed by atoms with Crippen LogP contribution in [-0.2, 0) is 25.6 Å². The Balaban J connectivity index is 1.02. The minimum absolute atomic E-state index is 0.102. The molecule has 0 radical (unpaired) electrons. The summed E-state index contributed by atoms with van der Waals surface area (Å²) in [7, 11) is 0. The van der Waals surface area contributed by atoms with Crippen LogP contribution < -0.4 is 14.5 Å². The van der Waals surface area contributed by atoms with Crippen molar-refractivity contribution in [2.75, 3.05) is 16.3 Å². The Morgan fingerprint density at radius 1 is 0.865 bits per heavy atom. The number of rotatable bonds is 5. The van der Waals surface area contributed by atoms with E-state index in [-0.39, 0.29) is 54.4 Å². The molecule has 6 aliphatic rings. The predicted octanol–water partition coefficient (Wildman–Crippen LogP) is 3.77. The molecule has 8 rings (SSSR count). The number of aryl methyl sites for hydroxylation is 1. The first kappa shape index (κ1) is 22.5. The molecule has 4 fully saturated rings. The van der Waals surface area contributed by atoms with E-state index >= 15 is 0 Å². The van der Waals surface area contributed by atoms with Crippen LogP contribution in [0.25, 0.3) is 0 Å². The number of ether oxygens (including phenoxy) is 1. The van der Waals surface area contributed by atoms with Gasteiger partial charge in [-0.25, -0.2) is 0 Å². The molecule has 7 atom stereocenters. The molecule has 2 aliphatic heterocycles. The van der Waals surface area contributed by atoms with E-state index in [4.69, 9.17) is 4.74 Å². The van der Waals surface area contributed by atoms with Crippen LogP contribution in [0.5, 0.6) is 5.75 Å². The van der Waals surface area contributed by atoms with Crippen LogP contribution in [0.3, 0.4) is 0 Å². The molecule has 0 unspecified atom stereocenters. The number of allylic oxidation sites excluding steroid dienone is 2. The highest BCUT2D eigenvalue weighted by Crippen LogP contribution is 2.65. The SMILES string of the molecule is CCc1ccc(N2C[C@H](C(=O)Oc3ccc(N4C(=O)[C@@H]5[C@H]6C=C[C@@H]([C@@H]7C[C@@H]67)[C@@H]5C4=O)cc3)CC2=O)cc1. The first-order valence-electron chi connectivity index (χ1n) is 13.2. The summed E-state index contributed by atoms with van der Waals surface area (Å²) in [5, 5.41) is 0. The predicted molar refractivity (Wildman–Crippen MR) is 136 cm³/mol. The van der Waals surface area contributed by atoms with Crippen LogP contribution >= 0.6 is 0 Å². The third-order valence-corrected chi connectivity index (χ3v) is 9.09. The van der Waals surface area contributed by atoms with Crippen LogP contribution in [0.1, 0.15) is 25.3 Å². The van der Waals surface area contributed by atoms with Gasteiger partial charge in [0.1, 0.15) is 5.75 Å². The average Bonchev–Trinajstić information content (AvgIpc) is 3.60. The number of carbonyl (C=O) groups excluding carboxylic acids is 4. The zero-order valence-electron chi connectivity index (χ0n) is 20.6. The van der Waals surface area contributed by atoms with Gasteiger partial charge >= 0.3 is 5.97 Å². The van der Waals surface area contributed by atoms with Gasteiger partial charge in [-0.05, 0) is 78.5 Å². The Morgan fingerprint density at radius 2 is 1.46 bits per heavy atom. The lowest BCUT2D eigenvalue weighted by atomic mass is 9.63. The highest BCUT2D eigenvalue weighted by Gasteiger charge is 2.67. The van der Waals surface area contributed by atoms with Gasteiger partial charge < -0.3 is 9.64 Å². The van der Waals surface area contributed by atoms with Gasteiger partial charge in [0.25, 0.3) is 0 Å². The molecule has 0 spiro atoms. The lowest BCUT2D eigenvalue weighted by molar-refractivity contribution is -0.139. The summed E-state index contributed by atoms with van der Waals surface area (Å²) in [6.07, 6.45) is 6.47. The van der Waals surface area contributed by atoms with E-state index in [1.807, 2.05) is 24.3 Å². The summed E-state index contributed by atoms with van der Waals surface area (Å²) in [6.45, 7) is 2.35. The molecule has 7 heteroatoms. The van der Waals surface area contributed by atoms with Crippen LogP contribution in [-0.4, -0.2) is 30.2 Å². The molecule has 2 saturated heterocycles. The third-order valence-electron chi connectivity index (χ3n) is 9.09. The largest absolute Gasteiger partial charge is 0.426 e. The second kappa shape index (κ2) is 8.13. The van der Waals surface area contributed by atoms with Gasteiger partial charge in [-0.1, -0.05) is 31.2 Å². The van der Waals surface area contributed by atoms with Crippen LogP contribution in [0, 0.1) is 41.4 Å². The summed E-state index contributed by atoms with van der Waals surface area (Å²) < 4.78 is 5.58. The minimum Gasteiger partial charge on any atom is -0.426 e. The molecular weight excluding hydrogens is 468 g/mol. The van der Waals surface area contributed by atoms with E-state index in [1.54, 1.807) is 29.2 Å². The van der Waals surface area contributed by atoms with Gasteiger partial charge in [0.15, 0.2) is 0 Å². The lowest BCUT2D eigenvalue weighted by Gasteiger charge is -2.37. The standard InChI is InChI=1S/C30H28N2O5/c1-2-16-3-5-18(6-4-16)31-15-17(13-25(31)33)30(36)37-20-9-7-19(8-10-20)32-28(34)26-21-11-12-22(24-14-23(21)24)27(26)29(32)35/h3-12,17,21-24,26-27H,2,13-15H2,1H3/t17-,21+,22+,23+,24+,26-,27+/m1/s1. The third kappa shape index (κ3) is 3.40. The second-order valence-electron chi connectivity index (χ2n) is 11.0. The molecule has 3 amide bonds. The number of carbonyl (C=O) groups is 4. The number of hydrogen-bond donors (Lipinski definition) is 0. The molecule has 0 aromatic heterocycles. The van der Waals surface area contributed by atoms with E-state index in [2.05, 4.69) is 19.1 Å². The monoisotopic (exact) mass is 496 g/mol. The molecule has 2 bridgehead atoms. The van der Waals surface area contributed by atoms with Crippen molar-refractivity contribution in [3.05, 3.63) is 66.2 Å². The van der Waals surface area contributed by atoms with E-state index in [1.165, 1.54) is 10.5 Å². The average molecular weight is 497 g/mol. The summed E-state index contributed by atoms with van der Waals surface area (Å²) in [4.78, 5) is 55.0. The molecule has 0 N–H and O–H groups in total. The Hall–Kier alpha value is -3.74. The number of hydrogen-bond acceptors (Lipinski definition) is 5. The Morgan fingerprint density at radius 3 is 2.05 bits per heavy atom. The van der Waals surface area contributed by atoms with Crippen molar-refractivity contribution in [1.82, 2.24) is 0 Å². The zero-order chi connectivity index (χ0) is 25.4. The first-order chi connectivity index (χ1) is 17.9. The summed E-state index contributed by atoms with van der Waals surface area (Å²) in [6, 6.07) is 14.3. The molecular formula is C30H28N2O5. The number of amides is 3. The molecule has 2 heterocycles. The van der Waals surface area contributed by atoms with Gasteiger partial charge in [0, 0.05) is 18.7 Å². The van der Waals surface area contributed by atoms with Crippen molar-refractivity contribution in [3.8, 4) is 5.75 Å². The quantitative estimate of drug-likeness (QED) is 0.272. The van der Waals surface area contributed by atoms with E-state index in [0.29, 0.717) is 23.3 Å². The number of nitrogens with zero attached hydrogens (tertiary/aromatic N) is 2. The van der Waals surface area contributed by atoms with Crippen molar-refractivity contribution < 1.29 is 23.9 Å². The normalized spacial score (nSPS) is 33.1. The van der Waals surface area contributed by atoms with Crippen molar-refractivity contribution >= 4 is 35.1 Å². The molecule has 2 aromatic carbocycles. The fraction of sp³-hybridized carbons (Fsp3) is 0.400. The summed E-state index contributed by atoms with van der Waals surface area (Å²) in [5.41, 5.74) is 2.48. The molecule has 4 aliphatic carbocycles. The van der Waals surface area contributed by atoms with Crippen LogP contribution in [0.15, 0.2) is 60.7 Å². The maximum atomic E-state index is 13.3. The minimum atomic E-state index is -0.558. The van der Waals surface area contributed by atoms with Crippen LogP contribution in [0.4, 0.5) is 11.4 Å². The topological polar surface area (TPSA) is 84.0 Å². The Bertz CT molecular complexity index is 1310. The molecule has 188 valence electrons. The molecule has 2 saturated carbocycles. The highest BCUT2D eigenvalue weighted by molar-refractivity contribution is 6.22. The van der Waals surface area contributed by atoms with Gasteiger partial charge in [-0.3, -0.25) is 24.1 Å². The lowest BCUT2D eigenvalue weighted by Crippen LogP contribution is -2.40. The molecule has 2 aromatic rings. The number of esters is 1. The van der Waals surface area contributed by atoms with Gasteiger partial charge in [0.05, 0.1) is 23.4 Å². The fourth-order valence-electron chi connectivity index (χ4n) is 7.10. The summed E-state index contributed by atoms with van der Waals surface area (Å²) >= 11 is 0. The first-order valence-corrected chi connectivity index (χ1v) is 13.2. The number of imide groups is 1. The second-order valence-corrected chi connectivity index (χ2v) is 11.0. The maximum absolute atomic E-state index is 13.3. The fourth-order valence-corrected chi connectivity index (χ4v) is 7.10.